The number of benzene rings is 1. The van der Waals surface area contributed by atoms with Crippen LogP contribution < -0.4 is 10.5 Å². The highest BCUT2D eigenvalue weighted by Gasteiger charge is 2.23. The summed E-state index contributed by atoms with van der Waals surface area (Å²) >= 11 is 0. The minimum atomic E-state index is -4.22. The third-order valence-electron chi connectivity index (χ3n) is 2.32. The fraction of sp³-hybridized carbons (Fsp3) is 0.300. The molecule has 0 heterocycles. The lowest BCUT2D eigenvalue weighted by Crippen LogP contribution is -2.36. The number of carboxylic acids is 1. The molecule has 7 nitrogen and oxygen atoms in total. The van der Waals surface area contributed by atoms with Gasteiger partial charge in [0, 0.05) is 6.54 Å². The standard InChI is InChI=1S/C10H12F2N2O5S/c11-9(12)7(15)4-14-20(18,19)8-2-1-5(10(16)17)3-6(8)13/h1-3,7,9,14-15H,4,13H2,(H,16,17). The second-order valence-corrected chi connectivity index (χ2v) is 5.55. The largest absolute Gasteiger partial charge is 0.478 e. The molecule has 1 aromatic rings. The smallest absolute Gasteiger partial charge is 0.335 e. The number of sulfonamides is 1. The third-order valence-corrected chi connectivity index (χ3v) is 3.82. The molecule has 0 aromatic heterocycles. The molecule has 0 bridgehead atoms. The van der Waals surface area contributed by atoms with Crippen LogP contribution in [-0.2, 0) is 10.0 Å². The molecule has 0 fully saturated rings. The van der Waals surface area contributed by atoms with Crippen LogP contribution in [0.25, 0.3) is 0 Å². The summed E-state index contributed by atoms with van der Waals surface area (Å²) in [5, 5.41) is 17.5. The lowest BCUT2D eigenvalue weighted by molar-refractivity contribution is -0.000451. The molecular formula is C10H12F2N2O5S. The first-order valence-corrected chi connectivity index (χ1v) is 6.72. The summed E-state index contributed by atoms with van der Waals surface area (Å²) in [7, 11) is -4.22. The van der Waals surface area contributed by atoms with Crippen LogP contribution in [0, 0.1) is 0 Å². The van der Waals surface area contributed by atoms with Gasteiger partial charge in [0.25, 0.3) is 6.43 Å². The van der Waals surface area contributed by atoms with Crippen LogP contribution in [0.1, 0.15) is 10.4 Å². The molecule has 1 unspecified atom stereocenters. The summed E-state index contributed by atoms with van der Waals surface area (Å²) in [6.07, 6.45) is -5.24. The minimum absolute atomic E-state index is 0.214. The summed E-state index contributed by atoms with van der Waals surface area (Å²) in [5.41, 5.74) is 4.86. The van der Waals surface area contributed by atoms with Crippen LogP contribution in [0.4, 0.5) is 14.5 Å². The van der Waals surface area contributed by atoms with E-state index in [4.69, 9.17) is 15.9 Å². The van der Waals surface area contributed by atoms with E-state index < -0.39 is 40.0 Å². The van der Waals surface area contributed by atoms with Crippen molar-refractivity contribution >= 4 is 21.7 Å². The maximum absolute atomic E-state index is 12.1. The SMILES string of the molecule is Nc1cc(C(=O)O)ccc1S(=O)(=O)NCC(O)C(F)F. The van der Waals surface area contributed by atoms with Gasteiger partial charge in [0.2, 0.25) is 10.0 Å². The Balaban J connectivity index is 2.96. The first-order valence-electron chi connectivity index (χ1n) is 5.24. The van der Waals surface area contributed by atoms with Gasteiger partial charge in [-0.3, -0.25) is 0 Å². The molecule has 0 spiro atoms. The molecule has 5 N–H and O–H groups in total. The number of carbonyl (C=O) groups is 1. The Bertz CT molecular complexity index is 606. The van der Waals surface area contributed by atoms with Crippen LogP contribution >= 0.6 is 0 Å². The van der Waals surface area contributed by atoms with Gasteiger partial charge in [0.15, 0.2) is 0 Å². The van der Waals surface area contributed by atoms with Gasteiger partial charge in [-0.1, -0.05) is 0 Å². The second-order valence-electron chi connectivity index (χ2n) is 3.81. The summed E-state index contributed by atoms with van der Waals surface area (Å²) in [6.45, 7) is -0.889. The number of nitrogens with two attached hydrogens (primary N) is 1. The lowest BCUT2D eigenvalue weighted by Gasteiger charge is -2.12. The normalized spacial score (nSPS) is 13.4. The molecular weight excluding hydrogens is 298 g/mol. The average molecular weight is 310 g/mol. The second kappa shape index (κ2) is 6.11. The van der Waals surface area contributed by atoms with Crippen LogP contribution in [0.5, 0.6) is 0 Å². The number of aliphatic hydroxyl groups is 1. The predicted octanol–water partition coefficient (Wildman–Crippen LogP) is -0.129. The lowest BCUT2D eigenvalue weighted by atomic mass is 10.2. The van der Waals surface area contributed by atoms with E-state index in [2.05, 4.69) is 0 Å². The highest BCUT2D eigenvalue weighted by Crippen LogP contribution is 2.19. The van der Waals surface area contributed by atoms with E-state index in [0.717, 1.165) is 18.2 Å². The summed E-state index contributed by atoms with van der Waals surface area (Å²) in [6, 6.07) is 2.88. The molecule has 1 aromatic carbocycles. The van der Waals surface area contributed by atoms with Crippen LogP contribution in [0.2, 0.25) is 0 Å². The molecule has 20 heavy (non-hydrogen) atoms. The van der Waals surface area contributed by atoms with E-state index in [-0.39, 0.29) is 11.3 Å². The third kappa shape index (κ3) is 3.85. The Morgan fingerprint density at radius 3 is 2.45 bits per heavy atom. The number of carboxylic acid groups (broad SMARTS) is 1. The number of hydrogen-bond donors (Lipinski definition) is 4. The Morgan fingerprint density at radius 2 is 2.00 bits per heavy atom. The summed E-state index contributed by atoms with van der Waals surface area (Å²) in [4.78, 5) is 10.2. The zero-order chi connectivity index (χ0) is 15.5. The Kier molecular flexibility index (Phi) is 4.98. The number of anilines is 1. The van der Waals surface area contributed by atoms with Gasteiger partial charge in [0.05, 0.1) is 11.3 Å². The number of aromatic carboxylic acids is 1. The number of rotatable bonds is 6. The minimum Gasteiger partial charge on any atom is -0.478 e. The molecule has 0 aliphatic carbocycles. The van der Waals surface area contributed by atoms with Crippen molar-refractivity contribution in [3.05, 3.63) is 23.8 Å². The number of nitrogen functional groups attached to an aromatic ring is 1. The molecule has 1 atom stereocenters. The number of halogens is 2. The van der Waals surface area contributed by atoms with Gasteiger partial charge in [-0.15, -0.1) is 0 Å². The molecule has 10 heteroatoms. The van der Waals surface area contributed by atoms with Crippen molar-refractivity contribution in [1.82, 2.24) is 4.72 Å². The van der Waals surface area contributed by atoms with E-state index in [1.54, 1.807) is 4.72 Å². The molecule has 0 aliphatic heterocycles. The highest BCUT2D eigenvalue weighted by molar-refractivity contribution is 7.89. The van der Waals surface area contributed by atoms with E-state index in [9.17, 15) is 22.0 Å². The van der Waals surface area contributed by atoms with E-state index in [0.29, 0.717) is 0 Å². The van der Waals surface area contributed by atoms with Gasteiger partial charge in [-0.05, 0) is 18.2 Å². The molecule has 0 radical (unpaired) electrons. The van der Waals surface area contributed by atoms with E-state index in [1.807, 2.05) is 0 Å². The predicted molar refractivity (Wildman–Crippen MR) is 65.0 cm³/mol. The fourth-order valence-electron chi connectivity index (χ4n) is 1.29. The molecule has 0 amide bonds. The van der Waals surface area contributed by atoms with Crippen molar-refractivity contribution in [3.63, 3.8) is 0 Å². The monoisotopic (exact) mass is 310 g/mol. The Hall–Kier alpha value is -1.78. The van der Waals surface area contributed by atoms with Crippen molar-refractivity contribution in [2.24, 2.45) is 0 Å². The van der Waals surface area contributed by atoms with Gasteiger partial charge in [-0.25, -0.2) is 26.7 Å². The van der Waals surface area contributed by atoms with Gasteiger partial charge >= 0.3 is 5.97 Å². The molecule has 0 aliphatic rings. The molecule has 0 saturated carbocycles. The molecule has 0 saturated heterocycles. The number of nitrogens with one attached hydrogen (secondary N) is 1. The first-order chi connectivity index (χ1) is 9.15. The van der Waals surface area contributed by atoms with Gasteiger partial charge in [0.1, 0.15) is 11.0 Å². The Morgan fingerprint density at radius 1 is 1.40 bits per heavy atom. The summed E-state index contributed by atoms with van der Waals surface area (Å²) in [5.74, 6) is -1.29. The number of alkyl halides is 2. The quantitative estimate of drug-likeness (QED) is 0.542. The zero-order valence-corrected chi connectivity index (χ0v) is 10.8. The Labute approximate surface area is 113 Å². The van der Waals surface area contributed by atoms with Crippen LogP contribution in [0.3, 0.4) is 0 Å². The first kappa shape index (κ1) is 16.3. The average Bonchev–Trinajstić information content (AvgIpc) is 2.35. The maximum atomic E-state index is 12.1. The van der Waals surface area contributed by atoms with Gasteiger partial charge in [-0.2, -0.15) is 0 Å². The van der Waals surface area contributed by atoms with Gasteiger partial charge < -0.3 is 15.9 Å². The molecule has 1 rings (SSSR count). The van der Waals surface area contributed by atoms with Crippen molar-refractivity contribution < 1.29 is 32.2 Å². The van der Waals surface area contributed by atoms with E-state index in [1.165, 1.54) is 0 Å². The highest BCUT2D eigenvalue weighted by atomic mass is 32.2. The van der Waals surface area contributed by atoms with Crippen LogP contribution in [0.15, 0.2) is 23.1 Å². The maximum Gasteiger partial charge on any atom is 0.335 e. The van der Waals surface area contributed by atoms with Crippen molar-refractivity contribution in [1.29, 1.82) is 0 Å². The van der Waals surface area contributed by atoms with Crippen molar-refractivity contribution in [3.8, 4) is 0 Å². The zero-order valence-electron chi connectivity index (χ0n) is 9.95. The van der Waals surface area contributed by atoms with E-state index >= 15 is 0 Å². The fourth-order valence-corrected chi connectivity index (χ4v) is 2.45. The van der Waals surface area contributed by atoms with Crippen molar-refractivity contribution in [2.45, 2.75) is 17.4 Å². The van der Waals surface area contributed by atoms with Crippen LogP contribution in [-0.4, -0.2) is 43.7 Å². The number of hydrogen-bond acceptors (Lipinski definition) is 5. The molecule has 112 valence electrons. The summed E-state index contributed by atoms with van der Waals surface area (Å²) < 4.78 is 49.4. The number of aliphatic hydroxyl groups excluding tert-OH is 1. The topological polar surface area (TPSA) is 130 Å². The van der Waals surface area contributed by atoms with Crippen molar-refractivity contribution in [2.75, 3.05) is 12.3 Å².